The number of rotatable bonds is 4. The minimum absolute atomic E-state index is 0.0165. The molecule has 0 saturated heterocycles. The van der Waals surface area contributed by atoms with Gasteiger partial charge in [0, 0.05) is 32.0 Å². The minimum atomic E-state index is 0.0165. The molecule has 2 aromatic rings. The lowest BCUT2D eigenvalue weighted by atomic mass is 9.88. The molecule has 0 radical (unpaired) electrons. The zero-order chi connectivity index (χ0) is 18.8. The molecule has 1 saturated carbocycles. The molecule has 2 aliphatic rings. The number of phenols is 1. The molecule has 1 fully saturated rings. The van der Waals surface area contributed by atoms with Crippen LogP contribution in [-0.2, 0) is 19.5 Å². The van der Waals surface area contributed by atoms with Crippen LogP contribution in [0.2, 0.25) is 0 Å². The molecule has 6 heteroatoms. The van der Waals surface area contributed by atoms with E-state index in [9.17, 15) is 9.90 Å². The van der Waals surface area contributed by atoms with E-state index in [1.807, 2.05) is 6.07 Å². The number of benzene rings is 1. The highest BCUT2D eigenvalue weighted by molar-refractivity contribution is 5.41. The second kappa shape index (κ2) is 7.72. The summed E-state index contributed by atoms with van der Waals surface area (Å²) in [5, 5.41) is 9.97. The molecule has 1 aliphatic heterocycles. The molecule has 0 spiro atoms. The van der Waals surface area contributed by atoms with Crippen LogP contribution in [0.3, 0.4) is 0 Å². The van der Waals surface area contributed by atoms with Crippen molar-refractivity contribution in [3.05, 3.63) is 51.2 Å². The van der Waals surface area contributed by atoms with Gasteiger partial charge < -0.3 is 14.8 Å². The predicted octanol–water partition coefficient (Wildman–Crippen LogP) is 3.09. The number of fused-ring (bicyclic) bond motifs is 1. The minimum Gasteiger partial charge on any atom is -0.504 e. The van der Waals surface area contributed by atoms with Crippen LogP contribution in [0.5, 0.6) is 11.5 Å². The Kier molecular flexibility index (Phi) is 5.16. The average molecular weight is 369 g/mol. The highest BCUT2D eigenvalue weighted by atomic mass is 16.5. The first-order valence-corrected chi connectivity index (χ1v) is 9.84. The standard InChI is InChI=1S/C21H27N3O3/c1-27-19-8-7-14(11-18(19)25)12-24-10-9-17-16(13-24)21(26)23-20(22-17)15-5-3-2-4-6-15/h7-8,11,15,25H,2-6,9-10,12-13H2,1H3,(H,22,23,26). The third kappa shape index (κ3) is 3.86. The van der Waals surface area contributed by atoms with Crippen molar-refractivity contribution in [2.24, 2.45) is 0 Å². The summed E-state index contributed by atoms with van der Waals surface area (Å²) in [6.07, 6.45) is 6.81. The molecule has 0 atom stereocenters. The number of H-pyrrole nitrogens is 1. The van der Waals surface area contributed by atoms with Crippen molar-refractivity contribution in [2.75, 3.05) is 13.7 Å². The molecule has 1 aromatic carbocycles. The zero-order valence-electron chi connectivity index (χ0n) is 15.8. The van der Waals surface area contributed by atoms with E-state index >= 15 is 0 Å². The molecule has 1 aliphatic carbocycles. The van der Waals surface area contributed by atoms with Crippen molar-refractivity contribution in [1.82, 2.24) is 14.9 Å². The molecule has 2 heterocycles. The molecular formula is C21H27N3O3. The Morgan fingerprint density at radius 3 is 2.85 bits per heavy atom. The van der Waals surface area contributed by atoms with Gasteiger partial charge in [-0.15, -0.1) is 0 Å². The number of aromatic hydroxyl groups is 1. The van der Waals surface area contributed by atoms with Gasteiger partial charge >= 0.3 is 0 Å². The number of ether oxygens (including phenoxy) is 1. The maximum Gasteiger partial charge on any atom is 0.255 e. The predicted molar refractivity (Wildman–Crippen MR) is 103 cm³/mol. The number of nitrogens with one attached hydrogen (secondary N) is 1. The highest BCUT2D eigenvalue weighted by Gasteiger charge is 2.24. The average Bonchev–Trinajstić information content (AvgIpc) is 2.69. The maximum absolute atomic E-state index is 12.7. The number of methoxy groups -OCH3 is 1. The molecule has 1 aromatic heterocycles. The molecule has 0 bridgehead atoms. The third-order valence-electron chi connectivity index (χ3n) is 5.81. The van der Waals surface area contributed by atoms with Gasteiger partial charge in [-0.05, 0) is 30.5 Å². The van der Waals surface area contributed by atoms with Gasteiger partial charge in [0.05, 0.1) is 18.4 Å². The van der Waals surface area contributed by atoms with E-state index < -0.39 is 0 Å². The Labute approximate surface area is 159 Å². The smallest absolute Gasteiger partial charge is 0.255 e. The summed E-state index contributed by atoms with van der Waals surface area (Å²) in [6.45, 7) is 2.14. The number of nitrogens with zero attached hydrogens (tertiary/aromatic N) is 2. The van der Waals surface area contributed by atoms with Crippen LogP contribution in [0, 0.1) is 0 Å². The van der Waals surface area contributed by atoms with Gasteiger partial charge in [0.1, 0.15) is 5.82 Å². The number of aromatic amines is 1. The van der Waals surface area contributed by atoms with E-state index in [-0.39, 0.29) is 11.3 Å². The lowest BCUT2D eigenvalue weighted by molar-refractivity contribution is 0.240. The summed E-state index contributed by atoms with van der Waals surface area (Å²) in [4.78, 5) is 22.8. The van der Waals surface area contributed by atoms with E-state index in [1.165, 1.54) is 26.4 Å². The first kappa shape index (κ1) is 18.0. The van der Waals surface area contributed by atoms with Gasteiger partial charge in [-0.25, -0.2) is 4.98 Å². The van der Waals surface area contributed by atoms with Gasteiger partial charge in [-0.3, -0.25) is 9.69 Å². The number of hydrogen-bond acceptors (Lipinski definition) is 5. The van der Waals surface area contributed by atoms with Gasteiger partial charge in [0.25, 0.3) is 5.56 Å². The molecule has 27 heavy (non-hydrogen) atoms. The van der Waals surface area contributed by atoms with Crippen molar-refractivity contribution in [3.63, 3.8) is 0 Å². The number of hydrogen-bond donors (Lipinski definition) is 2. The van der Waals surface area contributed by atoms with Crippen molar-refractivity contribution in [2.45, 2.75) is 57.5 Å². The Bertz CT molecular complexity index is 871. The zero-order valence-corrected chi connectivity index (χ0v) is 15.8. The quantitative estimate of drug-likeness (QED) is 0.866. The largest absolute Gasteiger partial charge is 0.504 e. The normalized spacial score (nSPS) is 18.3. The maximum atomic E-state index is 12.7. The van der Waals surface area contributed by atoms with Gasteiger partial charge in [0.15, 0.2) is 11.5 Å². The van der Waals surface area contributed by atoms with E-state index in [2.05, 4.69) is 9.88 Å². The summed E-state index contributed by atoms with van der Waals surface area (Å²) in [6, 6.07) is 5.44. The lowest BCUT2D eigenvalue weighted by Crippen LogP contribution is -2.36. The SMILES string of the molecule is COc1ccc(CN2CCc3nc(C4CCCCC4)[nH]c(=O)c3C2)cc1O. The van der Waals surface area contributed by atoms with Crippen molar-refractivity contribution < 1.29 is 9.84 Å². The topological polar surface area (TPSA) is 78.5 Å². The Hall–Kier alpha value is -2.34. The fourth-order valence-electron chi connectivity index (χ4n) is 4.30. The van der Waals surface area contributed by atoms with E-state index in [0.29, 0.717) is 24.8 Å². The molecule has 144 valence electrons. The monoisotopic (exact) mass is 369 g/mol. The van der Waals surface area contributed by atoms with Crippen molar-refractivity contribution in [3.8, 4) is 11.5 Å². The van der Waals surface area contributed by atoms with E-state index in [4.69, 9.17) is 9.72 Å². The second-order valence-corrected chi connectivity index (χ2v) is 7.68. The van der Waals surface area contributed by atoms with Crippen LogP contribution in [-0.4, -0.2) is 33.6 Å². The molecule has 0 unspecified atom stereocenters. The molecule has 2 N–H and O–H groups in total. The summed E-state index contributed by atoms with van der Waals surface area (Å²) in [5.41, 5.74) is 2.77. The van der Waals surface area contributed by atoms with E-state index in [0.717, 1.165) is 48.5 Å². The van der Waals surface area contributed by atoms with Crippen LogP contribution in [0.15, 0.2) is 23.0 Å². The molecule has 6 nitrogen and oxygen atoms in total. The van der Waals surface area contributed by atoms with Crippen molar-refractivity contribution in [1.29, 1.82) is 0 Å². The second-order valence-electron chi connectivity index (χ2n) is 7.68. The van der Waals surface area contributed by atoms with E-state index in [1.54, 1.807) is 12.1 Å². The molecule has 0 amide bonds. The van der Waals surface area contributed by atoms with Crippen LogP contribution < -0.4 is 10.3 Å². The summed E-state index contributed by atoms with van der Waals surface area (Å²) >= 11 is 0. The Balaban J connectivity index is 1.49. The lowest BCUT2D eigenvalue weighted by Gasteiger charge is -2.29. The molecular weight excluding hydrogens is 342 g/mol. The Morgan fingerprint density at radius 1 is 1.30 bits per heavy atom. The van der Waals surface area contributed by atoms with Crippen molar-refractivity contribution >= 4 is 0 Å². The van der Waals surface area contributed by atoms with Crippen LogP contribution in [0.4, 0.5) is 0 Å². The summed E-state index contributed by atoms with van der Waals surface area (Å²) < 4.78 is 5.10. The van der Waals surface area contributed by atoms with Crippen LogP contribution >= 0.6 is 0 Å². The molecule has 4 rings (SSSR count). The number of phenolic OH excluding ortho intramolecular Hbond substituents is 1. The van der Waals surface area contributed by atoms with Gasteiger partial charge in [-0.2, -0.15) is 0 Å². The van der Waals surface area contributed by atoms with Gasteiger partial charge in [0.2, 0.25) is 0 Å². The highest BCUT2D eigenvalue weighted by Crippen LogP contribution is 2.31. The van der Waals surface area contributed by atoms with Gasteiger partial charge in [-0.1, -0.05) is 25.3 Å². The third-order valence-corrected chi connectivity index (χ3v) is 5.81. The first-order chi connectivity index (χ1) is 13.1. The fraction of sp³-hybridized carbons (Fsp3) is 0.524. The fourth-order valence-corrected chi connectivity index (χ4v) is 4.30. The van der Waals surface area contributed by atoms with Crippen LogP contribution in [0.1, 0.15) is 60.7 Å². The van der Waals surface area contributed by atoms with Crippen LogP contribution in [0.25, 0.3) is 0 Å². The first-order valence-electron chi connectivity index (χ1n) is 9.84. The number of aromatic nitrogens is 2. The Morgan fingerprint density at radius 2 is 2.11 bits per heavy atom. The summed E-state index contributed by atoms with van der Waals surface area (Å²) in [7, 11) is 1.54. The summed E-state index contributed by atoms with van der Waals surface area (Å²) in [5.74, 6) is 1.92.